The van der Waals surface area contributed by atoms with Crippen LogP contribution in [-0.4, -0.2) is 5.97 Å². The van der Waals surface area contributed by atoms with E-state index in [1.165, 1.54) is 18.2 Å². The summed E-state index contributed by atoms with van der Waals surface area (Å²) in [6.45, 7) is 1.61. The van der Waals surface area contributed by atoms with E-state index in [9.17, 15) is 18.0 Å². The van der Waals surface area contributed by atoms with Gasteiger partial charge in [-0.25, -0.2) is 0 Å². The van der Waals surface area contributed by atoms with Gasteiger partial charge >= 0.3 is 12.1 Å². The number of ether oxygens (including phenoxy) is 2. The van der Waals surface area contributed by atoms with Crippen LogP contribution >= 0.6 is 23.2 Å². The van der Waals surface area contributed by atoms with E-state index in [0.717, 1.165) is 12.1 Å². The van der Waals surface area contributed by atoms with Gasteiger partial charge in [-0.2, -0.15) is 13.2 Å². The quantitative estimate of drug-likeness (QED) is 0.411. The Labute approximate surface area is 151 Å². The maximum Gasteiger partial charge on any atom is 0.418 e. The van der Waals surface area contributed by atoms with Crippen molar-refractivity contribution >= 4 is 34.9 Å². The van der Waals surface area contributed by atoms with E-state index < -0.39 is 23.4 Å². The van der Waals surface area contributed by atoms with Crippen LogP contribution in [0.4, 0.5) is 18.9 Å². The van der Waals surface area contributed by atoms with Gasteiger partial charge in [0.15, 0.2) is 5.75 Å². The van der Waals surface area contributed by atoms with Crippen molar-refractivity contribution in [2.45, 2.75) is 19.5 Å². The molecule has 0 aliphatic carbocycles. The number of esters is 1. The van der Waals surface area contributed by atoms with Crippen molar-refractivity contribution in [2.75, 3.05) is 5.73 Å². The molecule has 0 atom stereocenters. The molecule has 2 aromatic rings. The van der Waals surface area contributed by atoms with E-state index in [0.29, 0.717) is 0 Å². The number of alkyl halides is 3. The lowest BCUT2D eigenvalue weighted by Gasteiger charge is -2.14. The Kier molecular flexibility index (Phi) is 5.69. The molecule has 0 saturated heterocycles. The minimum absolute atomic E-state index is 0.0308. The van der Waals surface area contributed by atoms with Crippen LogP contribution < -0.4 is 15.2 Å². The second-order valence-electron chi connectivity index (χ2n) is 4.89. The summed E-state index contributed by atoms with van der Waals surface area (Å²) in [5.41, 5.74) is 3.86. The van der Waals surface area contributed by atoms with Gasteiger partial charge in [0.05, 0.1) is 15.6 Å². The first-order chi connectivity index (χ1) is 11.6. The number of nitrogens with two attached hydrogens (primary N) is 1. The Morgan fingerprint density at radius 2 is 1.72 bits per heavy atom. The molecule has 0 saturated carbocycles. The lowest BCUT2D eigenvalue weighted by molar-refractivity contribution is -0.137. The largest absolute Gasteiger partial charge is 0.454 e. The van der Waals surface area contributed by atoms with Gasteiger partial charge < -0.3 is 15.2 Å². The predicted octanol–water partition coefficient (Wildman–Crippen LogP) is 5.70. The normalized spacial score (nSPS) is 11.3. The van der Waals surface area contributed by atoms with E-state index >= 15 is 0 Å². The zero-order valence-electron chi connectivity index (χ0n) is 12.8. The van der Waals surface area contributed by atoms with Gasteiger partial charge in [0.2, 0.25) is 0 Å². The van der Waals surface area contributed by atoms with Crippen LogP contribution in [0.1, 0.15) is 18.9 Å². The highest BCUT2D eigenvalue weighted by atomic mass is 35.5. The number of benzene rings is 2. The van der Waals surface area contributed by atoms with Gasteiger partial charge in [-0.15, -0.1) is 0 Å². The van der Waals surface area contributed by atoms with Crippen molar-refractivity contribution in [3.63, 3.8) is 0 Å². The van der Waals surface area contributed by atoms with Gasteiger partial charge in [0.1, 0.15) is 11.5 Å². The number of hydrogen-bond acceptors (Lipinski definition) is 4. The topological polar surface area (TPSA) is 61.5 Å². The molecule has 0 bridgehead atoms. The average molecular weight is 394 g/mol. The molecular weight excluding hydrogens is 382 g/mol. The molecule has 0 aromatic heterocycles. The molecular formula is C16H12Cl2F3NO3. The third-order valence-corrected chi connectivity index (χ3v) is 3.60. The van der Waals surface area contributed by atoms with Crippen LogP contribution in [0.5, 0.6) is 17.2 Å². The van der Waals surface area contributed by atoms with Crippen LogP contribution in [0.3, 0.4) is 0 Å². The summed E-state index contributed by atoms with van der Waals surface area (Å²) in [5, 5.41) is -0.0615. The predicted molar refractivity (Wildman–Crippen MR) is 88.3 cm³/mol. The molecule has 2 rings (SSSR count). The molecule has 2 N–H and O–H groups in total. The molecule has 0 spiro atoms. The monoisotopic (exact) mass is 393 g/mol. The number of carbonyl (C=O) groups excluding carboxylic acids is 1. The van der Waals surface area contributed by atoms with Crippen molar-refractivity contribution < 1.29 is 27.4 Å². The fourth-order valence-electron chi connectivity index (χ4n) is 1.86. The maximum absolute atomic E-state index is 12.9. The Balaban J connectivity index is 2.33. The van der Waals surface area contributed by atoms with Crippen molar-refractivity contribution in [1.29, 1.82) is 0 Å². The minimum atomic E-state index is -4.63. The number of halogens is 5. The number of hydrogen-bond donors (Lipinski definition) is 1. The molecule has 0 aliphatic heterocycles. The van der Waals surface area contributed by atoms with Gasteiger partial charge in [-0.1, -0.05) is 30.1 Å². The van der Waals surface area contributed by atoms with Crippen LogP contribution in [0.25, 0.3) is 0 Å². The van der Waals surface area contributed by atoms with Crippen LogP contribution in [0.2, 0.25) is 10.0 Å². The maximum atomic E-state index is 12.9. The van der Waals surface area contributed by atoms with E-state index in [-0.39, 0.29) is 33.7 Å². The summed E-state index contributed by atoms with van der Waals surface area (Å²) in [5.74, 6) is -0.613. The first-order valence-electron chi connectivity index (χ1n) is 6.96. The summed E-state index contributed by atoms with van der Waals surface area (Å²) in [6.07, 6.45) is -4.48. The fourth-order valence-corrected chi connectivity index (χ4v) is 2.40. The molecule has 0 aliphatic rings. The number of rotatable bonds is 4. The van der Waals surface area contributed by atoms with E-state index in [1.54, 1.807) is 6.92 Å². The molecule has 0 heterocycles. The molecule has 0 amide bonds. The highest BCUT2D eigenvalue weighted by Crippen LogP contribution is 2.41. The molecule has 0 radical (unpaired) electrons. The number of nitrogen functional groups attached to an aromatic ring is 1. The number of carbonyl (C=O) groups is 1. The highest BCUT2D eigenvalue weighted by Gasteiger charge is 2.33. The van der Waals surface area contributed by atoms with Gasteiger partial charge in [-0.05, 0) is 18.2 Å². The first kappa shape index (κ1) is 19.2. The highest BCUT2D eigenvalue weighted by molar-refractivity contribution is 6.37. The van der Waals surface area contributed by atoms with Gasteiger partial charge in [0.25, 0.3) is 0 Å². The van der Waals surface area contributed by atoms with Crippen LogP contribution in [-0.2, 0) is 11.0 Å². The molecule has 134 valence electrons. The molecule has 2 aromatic carbocycles. The number of anilines is 1. The van der Waals surface area contributed by atoms with Gasteiger partial charge in [-0.3, -0.25) is 4.79 Å². The second kappa shape index (κ2) is 7.41. The Bertz CT molecular complexity index is 787. The SMILES string of the molecule is CCC(=O)Oc1cc(Cl)c(Oc2ccc(N)c(C(F)(F)F)c2)c(Cl)c1. The first-order valence-corrected chi connectivity index (χ1v) is 7.71. The second-order valence-corrected chi connectivity index (χ2v) is 5.71. The third kappa shape index (κ3) is 4.70. The zero-order valence-corrected chi connectivity index (χ0v) is 14.3. The lowest BCUT2D eigenvalue weighted by atomic mass is 10.1. The van der Waals surface area contributed by atoms with Crippen molar-refractivity contribution in [1.82, 2.24) is 0 Å². The Morgan fingerprint density at radius 1 is 1.12 bits per heavy atom. The molecule has 0 unspecified atom stereocenters. The Hall–Kier alpha value is -2.12. The summed E-state index contributed by atoms with van der Waals surface area (Å²) >= 11 is 12.0. The smallest absolute Gasteiger partial charge is 0.418 e. The van der Waals surface area contributed by atoms with Crippen LogP contribution in [0.15, 0.2) is 30.3 Å². The van der Waals surface area contributed by atoms with Crippen molar-refractivity contribution in [2.24, 2.45) is 0 Å². The Morgan fingerprint density at radius 3 is 2.24 bits per heavy atom. The minimum Gasteiger partial charge on any atom is -0.454 e. The van der Waals surface area contributed by atoms with E-state index in [2.05, 4.69) is 0 Å². The summed E-state index contributed by atoms with van der Waals surface area (Å²) in [6, 6.07) is 5.61. The fraction of sp³-hybridized carbons (Fsp3) is 0.188. The standard InChI is InChI=1S/C16H12Cl2F3NO3/c1-2-14(23)24-9-6-11(17)15(12(18)7-9)25-8-3-4-13(22)10(5-8)16(19,20)21/h3-7H,2,22H2,1H3. The van der Waals surface area contributed by atoms with E-state index in [1.807, 2.05) is 0 Å². The summed E-state index contributed by atoms with van der Waals surface area (Å²) in [4.78, 5) is 11.3. The molecule has 25 heavy (non-hydrogen) atoms. The zero-order chi connectivity index (χ0) is 18.8. The lowest BCUT2D eigenvalue weighted by Crippen LogP contribution is -2.09. The van der Waals surface area contributed by atoms with Crippen molar-refractivity contribution in [3.05, 3.63) is 45.9 Å². The van der Waals surface area contributed by atoms with Gasteiger partial charge in [0, 0.05) is 24.2 Å². The molecule has 4 nitrogen and oxygen atoms in total. The van der Waals surface area contributed by atoms with Crippen molar-refractivity contribution in [3.8, 4) is 17.2 Å². The van der Waals surface area contributed by atoms with Crippen LogP contribution in [0, 0.1) is 0 Å². The summed E-state index contributed by atoms with van der Waals surface area (Å²) in [7, 11) is 0. The van der Waals surface area contributed by atoms with E-state index in [4.69, 9.17) is 38.4 Å². The molecule has 0 fully saturated rings. The molecule has 9 heteroatoms. The summed E-state index contributed by atoms with van der Waals surface area (Å²) < 4.78 is 49.0. The average Bonchev–Trinajstić information content (AvgIpc) is 2.51. The third-order valence-electron chi connectivity index (χ3n) is 3.04.